The number of carbonyl (C=O) groups is 2. The number of hydrogen-bond acceptors (Lipinski definition) is 6. The lowest BCUT2D eigenvalue weighted by Crippen LogP contribution is -2.47. The van der Waals surface area contributed by atoms with Crippen molar-refractivity contribution < 1.29 is 23.5 Å². The van der Waals surface area contributed by atoms with Crippen molar-refractivity contribution >= 4 is 22.8 Å². The summed E-state index contributed by atoms with van der Waals surface area (Å²) in [4.78, 5) is 37.2. The number of carbonyl (C=O) groups excluding carboxylic acids is 2. The van der Waals surface area contributed by atoms with Crippen molar-refractivity contribution in [2.24, 2.45) is 0 Å². The number of esters is 1. The molecule has 0 unspecified atom stereocenters. The topological polar surface area (TPSA) is 94.8 Å². The molecule has 7 nitrogen and oxygen atoms in total. The Labute approximate surface area is 202 Å². The Bertz CT molecular complexity index is 1380. The molecule has 0 saturated carbocycles. The van der Waals surface area contributed by atoms with Crippen molar-refractivity contribution in [1.29, 1.82) is 0 Å². The number of amides is 1. The fourth-order valence-corrected chi connectivity index (χ4v) is 3.80. The summed E-state index contributed by atoms with van der Waals surface area (Å²) >= 11 is 0. The third kappa shape index (κ3) is 5.76. The van der Waals surface area contributed by atoms with Gasteiger partial charge in [-0.3, -0.25) is 4.79 Å². The predicted molar refractivity (Wildman–Crippen MR) is 132 cm³/mol. The monoisotopic (exact) mass is 471 g/mol. The lowest BCUT2D eigenvalue weighted by atomic mass is 10.0. The molecule has 0 aliphatic heterocycles. The zero-order valence-corrected chi connectivity index (χ0v) is 19.4. The second-order valence-corrected chi connectivity index (χ2v) is 8.04. The highest BCUT2D eigenvalue weighted by molar-refractivity contribution is 5.94. The lowest BCUT2D eigenvalue weighted by molar-refractivity contribution is -0.145. The molecule has 0 saturated heterocycles. The predicted octanol–water partition coefficient (Wildman–Crippen LogP) is 4.13. The number of fused-ring (bicyclic) bond motifs is 1. The average molecular weight is 472 g/mol. The van der Waals surface area contributed by atoms with Crippen molar-refractivity contribution in [3.8, 4) is 16.9 Å². The number of methoxy groups -OCH3 is 1. The first kappa shape index (κ1) is 23.8. The number of nitrogens with one attached hydrogen (secondary N) is 1. The van der Waals surface area contributed by atoms with Crippen LogP contribution in [0.5, 0.6) is 5.75 Å². The van der Waals surface area contributed by atoms with Crippen molar-refractivity contribution in [2.45, 2.75) is 25.5 Å². The quantitative estimate of drug-likeness (QED) is 0.307. The molecule has 2 atom stereocenters. The Balaban J connectivity index is 1.51. The number of ether oxygens (including phenoxy) is 2. The third-order valence-corrected chi connectivity index (χ3v) is 5.57. The van der Waals surface area contributed by atoms with Gasteiger partial charge in [0, 0.05) is 23.9 Å². The van der Waals surface area contributed by atoms with Crippen molar-refractivity contribution in [3.05, 3.63) is 101 Å². The Morgan fingerprint density at radius 1 is 0.943 bits per heavy atom. The van der Waals surface area contributed by atoms with Gasteiger partial charge in [0.2, 0.25) is 0 Å². The highest BCUT2D eigenvalue weighted by Crippen LogP contribution is 2.29. The average Bonchev–Trinajstić information content (AvgIpc) is 2.88. The van der Waals surface area contributed by atoms with Gasteiger partial charge in [0.15, 0.2) is 6.10 Å². The first-order chi connectivity index (χ1) is 16.9. The van der Waals surface area contributed by atoms with Gasteiger partial charge in [-0.1, -0.05) is 60.7 Å². The Morgan fingerprint density at radius 2 is 1.63 bits per heavy atom. The van der Waals surface area contributed by atoms with E-state index in [9.17, 15) is 14.4 Å². The number of rotatable bonds is 8. The van der Waals surface area contributed by atoms with Crippen LogP contribution in [0.2, 0.25) is 0 Å². The van der Waals surface area contributed by atoms with Gasteiger partial charge in [-0.2, -0.15) is 0 Å². The molecular formula is C28H25NO6. The van der Waals surface area contributed by atoms with Gasteiger partial charge in [0.1, 0.15) is 17.4 Å². The fourth-order valence-electron chi connectivity index (χ4n) is 3.80. The standard InChI is InChI=1S/C28H25NO6/c1-18(27(31)29-24(28(32)33-2)15-19-9-5-3-6-10-19)34-21-13-14-22-23(20-11-7-4-8-12-20)17-26(30)35-25(22)16-21/h3-14,16-18,24H,15H2,1-2H3,(H,29,31)/t18-,24-/m1/s1. The van der Waals surface area contributed by atoms with Crippen LogP contribution in [0.4, 0.5) is 0 Å². The zero-order valence-electron chi connectivity index (χ0n) is 19.4. The molecule has 4 rings (SSSR count). The smallest absolute Gasteiger partial charge is 0.336 e. The van der Waals surface area contributed by atoms with E-state index in [-0.39, 0.29) is 6.42 Å². The molecule has 1 heterocycles. The van der Waals surface area contributed by atoms with Crippen LogP contribution in [-0.2, 0) is 20.7 Å². The molecule has 0 spiro atoms. The van der Waals surface area contributed by atoms with Gasteiger partial charge < -0.3 is 19.2 Å². The minimum Gasteiger partial charge on any atom is -0.481 e. The van der Waals surface area contributed by atoms with E-state index in [0.717, 1.165) is 22.1 Å². The summed E-state index contributed by atoms with van der Waals surface area (Å²) in [7, 11) is 1.28. The molecule has 0 fully saturated rings. The highest BCUT2D eigenvalue weighted by Gasteiger charge is 2.25. The third-order valence-electron chi connectivity index (χ3n) is 5.57. The van der Waals surface area contributed by atoms with Gasteiger partial charge in [-0.25, -0.2) is 9.59 Å². The number of hydrogen-bond donors (Lipinski definition) is 1. The van der Waals surface area contributed by atoms with E-state index in [0.29, 0.717) is 11.3 Å². The van der Waals surface area contributed by atoms with Crippen molar-refractivity contribution in [3.63, 3.8) is 0 Å². The summed E-state index contributed by atoms with van der Waals surface area (Å²) < 4.78 is 16.0. The number of benzene rings is 3. The Morgan fingerprint density at radius 3 is 2.31 bits per heavy atom. The first-order valence-electron chi connectivity index (χ1n) is 11.2. The normalized spacial score (nSPS) is 12.5. The molecule has 1 aromatic heterocycles. The van der Waals surface area contributed by atoms with Crippen LogP contribution in [0.25, 0.3) is 22.1 Å². The Kier molecular flexibility index (Phi) is 7.26. The maximum Gasteiger partial charge on any atom is 0.336 e. The zero-order chi connectivity index (χ0) is 24.8. The van der Waals surface area contributed by atoms with Crippen LogP contribution >= 0.6 is 0 Å². The van der Waals surface area contributed by atoms with Gasteiger partial charge in [0.05, 0.1) is 7.11 Å². The van der Waals surface area contributed by atoms with Crippen LogP contribution < -0.4 is 15.7 Å². The molecule has 178 valence electrons. The van der Waals surface area contributed by atoms with Crippen LogP contribution in [-0.4, -0.2) is 31.1 Å². The van der Waals surface area contributed by atoms with Gasteiger partial charge in [-0.15, -0.1) is 0 Å². The van der Waals surface area contributed by atoms with Crippen LogP contribution in [0.3, 0.4) is 0 Å². The molecule has 0 aliphatic rings. The summed E-state index contributed by atoms with van der Waals surface area (Å²) in [5, 5.41) is 3.45. The van der Waals surface area contributed by atoms with E-state index in [2.05, 4.69) is 5.32 Å². The molecule has 7 heteroatoms. The molecule has 4 aromatic rings. The molecule has 1 amide bonds. The van der Waals surface area contributed by atoms with E-state index in [1.165, 1.54) is 13.2 Å². The van der Waals surface area contributed by atoms with Gasteiger partial charge in [-0.05, 0) is 35.7 Å². The van der Waals surface area contributed by atoms with Crippen molar-refractivity contribution in [2.75, 3.05) is 7.11 Å². The fraction of sp³-hybridized carbons (Fsp3) is 0.179. The highest BCUT2D eigenvalue weighted by atomic mass is 16.5. The SMILES string of the molecule is COC(=O)[C@@H](Cc1ccccc1)NC(=O)[C@@H](C)Oc1ccc2c(-c3ccccc3)cc(=O)oc2c1. The van der Waals surface area contributed by atoms with E-state index < -0.39 is 29.6 Å². The van der Waals surface area contributed by atoms with Crippen LogP contribution in [0.15, 0.2) is 94.1 Å². The second-order valence-electron chi connectivity index (χ2n) is 8.04. The minimum absolute atomic E-state index is 0.287. The molecule has 35 heavy (non-hydrogen) atoms. The summed E-state index contributed by atoms with van der Waals surface area (Å²) in [5.74, 6) is -0.669. The van der Waals surface area contributed by atoms with E-state index in [1.54, 1.807) is 25.1 Å². The van der Waals surface area contributed by atoms with Crippen LogP contribution in [0.1, 0.15) is 12.5 Å². The summed E-state index contributed by atoms with van der Waals surface area (Å²) in [5.41, 5.74) is 2.38. The maximum absolute atomic E-state index is 12.8. The van der Waals surface area contributed by atoms with E-state index >= 15 is 0 Å². The van der Waals surface area contributed by atoms with Gasteiger partial charge >= 0.3 is 11.6 Å². The minimum atomic E-state index is -0.917. The summed E-state index contributed by atoms with van der Waals surface area (Å²) in [6.45, 7) is 1.58. The molecule has 3 aromatic carbocycles. The molecular weight excluding hydrogens is 446 g/mol. The maximum atomic E-state index is 12.8. The van der Waals surface area contributed by atoms with Crippen LogP contribution in [0, 0.1) is 0 Å². The Hall–Kier alpha value is -4.39. The summed E-state index contributed by atoms with van der Waals surface area (Å²) in [6.07, 6.45) is -0.630. The van der Waals surface area contributed by atoms with E-state index in [1.807, 2.05) is 60.7 Å². The van der Waals surface area contributed by atoms with Crippen molar-refractivity contribution in [1.82, 2.24) is 5.32 Å². The first-order valence-corrected chi connectivity index (χ1v) is 11.2. The largest absolute Gasteiger partial charge is 0.481 e. The second kappa shape index (κ2) is 10.7. The summed E-state index contributed by atoms with van der Waals surface area (Å²) in [6, 6.07) is 24.5. The molecule has 1 N–H and O–H groups in total. The molecule has 0 bridgehead atoms. The molecule has 0 radical (unpaired) electrons. The van der Waals surface area contributed by atoms with Gasteiger partial charge in [0.25, 0.3) is 5.91 Å². The molecule has 0 aliphatic carbocycles. The lowest BCUT2D eigenvalue weighted by Gasteiger charge is -2.20. The van der Waals surface area contributed by atoms with E-state index in [4.69, 9.17) is 13.9 Å².